The molecule has 142 valence electrons. The number of guanidine groups is 1. The van der Waals surface area contributed by atoms with Crippen molar-refractivity contribution >= 4 is 17.3 Å². The first-order chi connectivity index (χ1) is 12.6. The summed E-state index contributed by atoms with van der Waals surface area (Å²) >= 11 is 1.70. The van der Waals surface area contributed by atoms with Crippen LogP contribution in [0.4, 0.5) is 0 Å². The van der Waals surface area contributed by atoms with Crippen molar-refractivity contribution < 1.29 is 9.47 Å². The standard InChI is InChI=1S/C19H28N4O2S/c1-5-20-19(22-12-18-14(2)23-15(3)26-18)21-10-11-25-13-16-8-6-7-9-17(16)24-4/h6-9H,5,10-13H2,1-4H3,(H2,20,21,22). The SMILES string of the molecule is CCNC(=NCc1sc(C)nc1C)NCCOCc1ccccc1OC. The van der Waals surface area contributed by atoms with Crippen LogP contribution in [0.5, 0.6) is 5.75 Å². The number of aliphatic imine (C=N–C) groups is 1. The van der Waals surface area contributed by atoms with Gasteiger partial charge in [-0.25, -0.2) is 9.98 Å². The summed E-state index contributed by atoms with van der Waals surface area (Å²) in [6.07, 6.45) is 0. The van der Waals surface area contributed by atoms with Gasteiger partial charge in [-0.3, -0.25) is 0 Å². The summed E-state index contributed by atoms with van der Waals surface area (Å²) in [6, 6.07) is 7.89. The predicted octanol–water partition coefficient (Wildman–Crippen LogP) is 3.04. The van der Waals surface area contributed by atoms with Crippen molar-refractivity contribution in [3.8, 4) is 5.75 Å². The molecule has 2 aromatic rings. The molecule has 0 aliphatic heterocycles. The molecule has 7 heteroatoms. The molecule has 0 aliphatic rings. The lowest BCUT2D eigenvalue weighted by atomic mass is 10.2. The van der Waals surface area contributed by atoms with E-state index in [2.05, 4.69) is 27.5 Å². The Labute approximate surface area is 159 Å². The van der Waals surface area contributed by atoms with Gasteiger partial charge < -0.3 is 20.1 Å². The van der Waals surface area contributed by atoms with Crippen LogP contribution in [0.1, 0.15) is 28.1 Å². The molecule has 0 radical (unpaired) electrons. The van der Waals surface area contributed by atoms with Crippen LogP contribution in [-0.2, 0) is 17.9 Å². The lowest BCUT2D eigenvalue weighted by molar-refractivity contribution is 0.123. The van der Waals surface area contributed by atoms with Gasteiger partial charge in [0.05, 0.1) is 37.6 Å². The normalized spacial score (nSPS) is 11.5. The minimum absolute atomic E-state index is 0.527. The molecule has 0 atom stereocenters. The lowest BCUT2D eigenvalue weighted by Crippen LogP contribution is -2.38. The summed E-state index contributed by atoms with van der Waals surface area (Å²) in [6.45, 7) is 9.34. The smallest absolute Gasteiger partial charge is 0.191 e. The molecule has 0 saturated carbocycles. The minimum Gasteiger partial charge on any atom is -0.496 e. The van der Waals surface area contributed by atoms with Gasteiger partial charge in [-0.15, -0.1) is 11.3 Å². The Bertz CT molecular complexity index is 715. The zero-order valence-electron chi connectivity index (χ0n) is 16.0. The highest BCUT2D eigenvalue weighted by Crippen LogP contribution is 2.18. The number of aryl methyl sites for hydroxylation is 2. The molecule has 1 heterocycles. The van der Waals surface area contributed by atoms with Crippen molar-refractivity contribution in [1.82, 2.24) is 15.6 Å². The van der Waals surface area contributed by atoms with Crippen LogP contribution in [0.15, 0.2) is 29.3 Å². The van der Waals surface area contributed by atoms with Crippen LogP contribution in [-0.4, -0.2) is 37.7 Å². The highest BCUT2D eigenvalue weighted by molar-refractivity contribution is 7.11. The van der Waals surface area contributed by atoms with Crippen molar-refractivity contribution in [1.29, 1.82) is 0 Å². The topological polar surface area (TPSA) is 67.8 Å². The summed E-state index contributed by atoms with van der Waals surface area (Å²) in [5, 5.41) is 7.63. The molecular formula is C19H28N4O2S. The van der Waals surface area contributed by atoms with E-state index < -0.39 is 0 Å². The summed E-state index contributed by atoms with van der Waals surface area (Å²) in [7, 11) is 1.67. The third-order valence-electron chi connectivity index (χ3n) is 3.71. The third kappa shape index (κ3) is 6.31. The van der Waals surface area contributed by atoms with E-state index >= 15 is 0 Å². The molecule has 6 nitrogen and oxygen atoms in total. The fourth-order valence-electron chi connectivity index (χ4n) is 2.46. The maximum absolute atomic E-state index is 5.74. The number of hydrogen-bond acceptors (Lipinski definition) is 5. The highest BCUT2D eigenvalue weighted by atomic mass is 32.1. The van der Waals surface area contributed by atoms with Gasteiger partial charge in [0.25, 0.3) is 0 Å². The fourth-order valence-corrected chi connectivity index (χ4v) is 3.32. The van der Waals surface area contributed by atoms with E-state index in [0.29, 0.717) is 26.3 Å². The van der Waals surface area contributed by atoms with Crippen LogP contribution < -0.4 is 15.4 Å². The van der Waals surface area contributed by atoms with Gasteiger partial charge in [-0.1, -0.05) is 18.2 Å². The Hall–Kier alpha value is -2.12. The number of hydrogen-bond donors (Lipinski definition) is 2. The van der Waals surface area contributed by atoms with E-state index in [9.17, 15) is 0 Å². The zero-order chi connectivity index (χ0) is 18.8. The Morgan fingerprint density at radius 2 is 2.04 bits per heavy atom. The Balaban J connectivity index is 1.77. The first-order valence-corrected chi connectivity index (χ1v) is 9.60. The number of benzene rings is 1. The molecule has 0 fully saturated rings. The summed E-state index contributed by atoms with van der Waals surface area (Å²) in [4.78, 5) is 10.3. The third-order valence-corrected chi connectivity index (χ3v) is 4.77. The van der Waals surface area contributed by atoms with Gasteiger partial charge in [-0.05, 0) is 26.8 Å². The van der Waals surface area contributed by atoms with E-state index in [-0.39, 0.29) is 0 Å². The largest absolute Gasteiger partial charge is 0.496 e. The number of aromatic nitrogens is 1. The summed E-state index contributed by atoms with van der Waals surface area (Å²) < 4.78 is 11.1. The number of nitrogens with one attached hydrogen (secondary N) is 2. The van der Waals surface area contributed by atoms with Gasteiger partial charge in [0.1, 0.15) is 5.75 Å². The van der Waals surface area contributed by atoms with Gasteiger partial charge in [0.15, 0.2) is 5.96 Å². The fraction of sp³-hybridized carbons (Fsp3) is 0.474. The molecule has 0 unspecified atom stereocenters. The first-order valence-electron chi connectivity index (χ1n) is 8.78. The quantitative estimate of drug-likeness (QED) is 0.400. The van der Waals surface area contributed by atoms with Crippen LogP contribution in [0.2, 0.25) is 0 Å². The molecule has 0 aliphatic carbocycles. The minimum atomic E-state index is 0.527. The molecule has 0 bridgehead atoms. The lowest BCUT2D eigenvalue weighted by Gasteiger charge is -2.12. The van der Waals surface area contributed by atoms with E-state index in [0.717, 1.165) is 34.5 Å². The second kappa shape index (κ2) is 10.8. The maximum atomic E-state index is 5.74. The van der Waals surface area contributed by atoms with Crippen LogP contribution in [0, 0.1) is 13.8 Å². The number of ether oxygens (including phenoxy) is 2. The van der Waals surface area contributed by atoms with Crippen molar-refractivity contribution in [3.05, 3.63) is 45.4 Å². The molecule has 0 saturated heterocycles. The van der Waals surface area contributed by atoms with Crippen LogP contribution in [0.3, 0.4) is 0 Å². The van der Waals surface area contributed by atoms with Crippen molar-refractivity contribution in [2.24, 2.45) is 4.99 Å². The molecule has 2 rings (SSSR count). The molecular weight excluding hydrogens is 348 g/mol. The van der Waals surface area contributed by atoms with Crippen LogP contribution >= 0.6 is 11.3 Å². The number of para-hydroxylation sites is 1. The van der Waals surface area contributed by atoms with Crippen molar-refractivity contribution in [2.45, 2.75) is 33.9 Å². The zero-order valence-corrected chi connectivity index (χ0v) is 16.8. The van der Waals surface area contributed by atoms with E-state index in [1.807, 2.05) is 38.1 Å². The Morgan fingerprint density at radius 3 is 2.73 bits per heavy atom. The van der Waals surface area contributed by atoms with E-state index in [1.54, 1.807) is 18.4 Å². The number of nitrogens with zero attached hydrogens (tertiary/aromatic N) is 2. The Morgan fingerprint density at radius 1 is 1.23 bits per heavy atom. The van der Waals surface area contributed by atoms with Gasteiger partial charge in [0.2, 0.25) is 0 Å². The number of rotatable bonds is 9. The average molecular weight is 377 g/mol. The summed E-state index contributed by atoms with van der Waals surface area (Å²) in [5.74, 6) is 1.64. The molecule has 26 heavy (non-hydrogen) atoms. The highest BCUT2D eigenvalue weighted by Gasteiger charge is 2.05. The average Bonchev–Trinajstić information content (AvgIpc) is 2.96. The van der Waals surface area contributed by atoms with E-state index in [1.165, 1.54) is 4.88 Å². The second-order valence-corrected chi connectivity index (χ2v) is 7.02. The Kier molecular flexibility index (Phi) is 8.37. The van der Waals surface area contributed by atoms with Crippen LogP contribution in [0.25, 0.3) is 0 Å². The van der Waals surface area contributed by atoms with Crippen molar-refractivity contribution in [2.75, 3.05) is 26.8 Å². The monoisotopic (exact) mass is 376 g/mol. The maximum Gasteiger partial charge on any atom is 0.191 e. The summed E-state index contributed by atoms with van der Waals surface area (Å²) in [5.41, 5.74) is 2.11. The molecule has 1 aromatic carbocycles. The predicted molar refractivity (Wildman–Crippen MR) is 107 cm³/mol. The van der Waals surface area contributed by atoms with Gasteiger partial charge >= 0.3 is 0 Å². The molecule has 1 aromatic heterocycles. The second-order valence-electron chi connectivity index (χ2n) is 5.73. The van der Waals surface area contributed by atoms with Crippen molar-refractivity contribution in [3.63, 3.8) is 0 Å². The number of thiazole rings is 1. The number of methoxy groups -OCH3 is 1. The first kappa shape index (κ1) is 20.2. The molecule has 2 N–H and O–H groups in total. The van der Waals surface area contributed by atoms with Gasteiger partial charge in [-0.2, -0.15) is 0 Å². The molecule has 0 spiro atoms. The molecule has 0 amide bonds. The van der Waals surface area contributed by atoms with E-state index in [4.69, 9.17) is 9.47 Å². The van der Waals surface area contributed by atoms with Gasteiger partial charge in [0, 0.05) is 23.5 Å².